The number of hydrogen-bond donors (Lipinski definition) is 0. The standard InChI is InChI=1S/C16H24N5O2/c1-6-19-11(4)9-21-12-13(17-15(19)21)18(5)16(23)20(14(12)22)8-7-10(2)3/h9-10,12H,6-8H2,1-5H3/q+1. The largest absolute Gasteiger partial charge is 0.401 e. The molecule has 7 heteroatoms. The molecule has 1 aromatic rings. The lowest BCUT2D eigenvalue weighted by Gasteiger charge is -2.33. The smallest absolute Gasteiger partial charge is 0.270 e. The van der Waals surface area contributed by atoms with E-state index in [1.54, 1.807) is 7.05 Å². The van der Waals surface area contributed by atoms with Crippen LogP contribution in [0, 0.1) is 12.8 Å². The number of imidazole rings is 1. The highest BCUT2D eigenvalue weighted by atomic mass is 16.2. The molecule has 2 aliphatic heterocycles. The number of rotatable bonds is 4. The van der Waals surface area contributed by atoms with Crippen LogP contribution in [-0.4, -0.2) is 45.7 Å². The molecule has 1 unspecified atom stereocenters. The molecule has 1 saturated heterocycles. The first-order valence-corrected chi connectivity index (χ1v) is 8.15. The molecule has 1 atom stereocenters. The van der Waals surface area contributed by atoms with E-state index in [-0.39, 0.29) is 11.9 Å². The lowest BCUT2D eigenvalue weighted by Crippen LogP contribution is -2.62. The van der Waals surface area contributed by atoms with Gasteiger partial charge in [-0.25, -0.2) is 13.9 Å². The Balaban J connectivity index is 2.00. The summed E-state index contributed by atoms with van der Waals surface area (Å²) in [7, 11) is 1.69. The van der Waals surface area contributed by atoms with E-state index in [0.717, 1.165) is 24.6 Å². The number of imide groups is 1. The summed E-state index contributed by atoms with van der Waals surface area (Å²) in [4.78, 5) is 32.9. The Morgan fingerprint density at radius 3 is 2.65 bits per heavy atom. The van der Waals surface area contributed by atoms with Crippen molar-refractivity contribution >= 4 is 23.7 Å². The highest BCUT2D eigenvalue weighted by molar-refractivity contribution is 6.19. The van der Waals surface area contributed by atoms with Gasteiger partial charge in [0, 0.05) is 13.6 Å². The topological polar surface area (TPSA) is 61.8 Å². The fraction of sp³-hybridized carbons (Fsp3) is 0.625. The van der Waals surface area contributed by atoms with Crippen molar-refractivity contribution in [2.24, 2.45) is 10.9 Å². The molecule has 3 amide bonds. The Morgan fingerprint density at radius 2 is 2.04 bits per heavy atom. The molecule has 3 heterocycles. The van der Waals surface area contributed by atoms with Crippen molar-refractivity contribution in [3.63, 3.8) is 0 Å². The molecule has 2 aliphatic rings. The van der Waals surface area contributed by atoms with Crippen molar-refractivity contribution in [3.05, 3.63) is 11.9 Å². The molecule has 0 radical (unpaired) electrons. The third-order valence-corrected chi connectivity index (χ3v) is 4.57. The maximum atomic E-state index is 12.9. The molecule has 3 rings (SSSR count). The Morgan fingerprint density at radius 1 is 1.35 bits per heavy atom. The quantitative estimate of drug-likeness (QED) is 0.792. The van der Waals surface area contributed by atoms with E-state index >= 15 is 0 Å². The lowest BCUT2D eigenvalue weighted by molar-refractivity contribution is -0.677. The Bertz CT molecular complexity index is 704. The van der Waals surface area contributed by atoms with Crippen LogP contribution >= 0.6 is 0 Å². The fourth-order valence-electron chi connectivity index (χ4n) is 3.21. The van der Waals surface area contributed by atoms with Gasteiger partial charge in [0.05, 0.1) is 6.54 Å². The van der Waals surface area contributed by atoms with Crippen molar-refractivity contribution in [2.75, 3.05) is 13.6 Å². The van der Waals surface area contributed by atoms with Gasteiger partial charge in [-0.1, -0.05) is 18.8 Å². The second kappa shape index (κ2) is 5.47. The fourth-order valence-corrected chi connectivity index (χ4v) is 3.21. The van der Waals surface area contributed by atoms with Crippen LogP contribution in [0.1, 0.15) is 38.9 Å². The summed E-state index contributed by atoms with van der Waals surface area (Å²) in [6.45, 7) is 9.45. The van der Waals surface area contributed by atoms with Gasteiger partial charge >= 0.3 is 12.0 Å². The van der Waals surface area contributed by atoms with Gasteiger partial charge in [-0.3, -0.25) is 14.6 Å². The van der Waals surface area contributed by atoms with Crippen LogP contribution < -0.4 is 4.57 Å². The van der Waals surface area contributed by atoms with Crippen molar-refractivity contribution in [1.82, 2.24) is 14.4 Å². The number of aromatic nitrogens is 2. The summed E-state index contributed by atoms with van der Waals surface area (Å²) >= 11 is 0. The normalized spacial score (nSPS) is 20.3. The second-order valence-electron chi connectivity index (χ2n) is 6.61. The van der Waals surface area contributed by atoms with Gasteiger partial charge in [0.25, 0.3) is 5.91 Å². The molecule has 7 nitrogen and oxygen atoms in total. The van der Waals surface area contributed by atoms with Crippen molar-refractivity contribution in [2.45, 2.75) is 46.7 Å². The second-order valence-corrected chi connectivity index (χ2v) is 6.61. The lowest BCUT2D eigenvalue weighted by atomic mass is 10.1. The zero-order chi connectivity index (χ0) is 16.9. The van der Waals surface area contributed by atoms with Gasteiger partial charge in [-0.2, -0.15) is 0 Å². The number of amidine groups is 1. The first kappa shape index (κ1) is 15.7. The third-order valence-electron chi connectivity index (χ3n) is 4.57. The molecule has 0 bridgehead atoms. The number of hydrogen-bond acceptors (Lipinski definition) is 3. The number of carbonyl (C=O) groups is 2. The molecule has 0 aliphatic carbocycles. The average molecular weight is 318 g/mol. The van der Waals surface area contributed by atoms with Crippen LogP contribution in [0.3, 0.4) is 0 Å². The van der Waals surface area contributed by atoms with E-state index in [0.29, 0.717) is 18.3 Å². The molecule has 1 aromatic heterocycles. The van der Waals surface area contributed by atoms with E-state index in [1.807, 2.05) is 24.6 Å². The number of fused-ring (bicyclic) bond motifs is 3. The molecular weight excluding hydrogens is 294 g/mol. The van der Waals surface area contributed by atoms with Gasteiger partial charge in [-0.05, 0) is 26.2 Å². The zero-order valence-electron chi connectivity index (χ0n) is 14.4. The third kappa shape index (κ3) is 2.26. The molecule has 0 N–H and O–H groups in total. The number of aryl methyl sites for hydroxylation is 1. The minimum Gasteiger partial charge on any atom is -0.270 e. The minimum absolute atomic E-state index is 0.176. The molecule has 1 fully saturated rings. The summed E-state index contributed by atoms with van der Waals surface area (Å²) in [6.07, 6.45) is 2.75. The predicted molar refractivity (Wildman–Crippen MR) is 85.5 cm³/mol. The first-order chi connectivity index (χ1) is 10.9. The molecule has 23 heavy (non-hydrogen) atoms. The van der Waals surface area contributed by atoms with Crippen LogP contribution in [0.15, 0.2) is 11.2 Å². The van der Waals surface area contributed by atoms with E-state index in [1.165, 1.54) is 9.80 Å². The van der Waals surface area contributed by atoms with Gasteiger partial charge in [0.15, 0.2) is 0 Å². The number of aliphatic imine (C=N–C) groups is 1. The van der Waals surface area contributed by atoms with Gasteiger partial charge in [-0.15, -0.1) is 0 Å². The Kier molecular flexibility index (Phi) is 3.74. The van der Waals surface area contributed by atoms with Gasteiger partial charge < -0.3 is 0 Å². The van der Waals surface area contributed by atoms with Crippen molar-refractivity contribution in [1.29, 1.82) is 0 Å². The van der Waals surface area contributed by atoms with Gasteiger partial charge in [0.2, 0.25) is 11.9 Å². The monoisotopic (exact) mass is 318 g/mol. The summed E-state index contributed by atoms with van der Waals surface area (Å²) in [5.74, 6) is 1.53. The molecule has 0 aromatic carbocycles. The number of amides is 3. The Labute approximate surface area is 136 Å². The number of urea groups is 1. The maximum absolute atomic E-state index is 12.9. The number of nitrogens with zero attached hydrogens (tertiary/aromatic N) is 5. The summed E-state index contributed by atoms with van der Waals surface area (Å²) in [6, 6.07) is -0.803. The minimum atomic E-state index is -0.522. The predicted octanol–water partition coefficient (Wildman–Crippen LogP) is 1.63. The van der Waals surface area contributed by atoms with E-state index in [9.17, 15) is 9.59 Å². The van der Waals surface area contributed by atoms with Crippen LogP contribution in [-0.2, 0) is 11.3 Å². The summed E-state index contributed by atoms with van der Waals surface area (Å²) in [5.41, 5.74) is 1.06. The van der Waals surface area contributed by atoms with E-state index < -0.39 is 6.04 Å². The maximum Gasteiger partial charge on any atom is 0.401 e. The van der Waals surface area contributed by atoms with Crippen molar-refractivity contribution in [3.8, 4) is 0 Å². The summed E-state index contributed by atoms with van der Waals surface area (Å²) < 4.78 is 3.94. The highest BCUT2D eigenvalue weighted by Crippen LogP contribution is 2.29. The Hall–Kier alpha value is -2.18. The van der Waals surface area contributed by atoms with Crippen molar-refractivity contribution < 1.29 is 14.2 Å². The number of likely N-dealkylation sites (N-methyl/N-ethyl adjacent to an activating group) is 1. The van der Waals surface area contributed by atoms with Crippen LogP contribution in [0.2, 0.25) is 0 Å². The SMILES string of the molecule is CCn1c(C)c[n+]2c1N=C1C2C(=O)N(CCC(C)C)C(=O)N1C. The number of carbonyl (C=O) groups excluding carboxylic acids is 2. The van der Waals surface area contributed by atoms with Crippen LogP contribution in [0.4, 0.5) is 10.7 Å². The average Bonchev–Trinajstić information content (AvgIpc) is 2.99. The summed E-state index contributed by atoms with van der Waals surface area (Å²) in [5, 5.41) is 0. The molecular formula is C16H24N5O2+. The molecule has 0 saturated carbocycles. The van der Waals surface area contributed by atoms with E-state index in [4.69, 9.17) is 0 Å². The van der Waals surface area contributed by atoms with Crippen LogP contribution in [0.25, 0.3) is 0 Å². The zero-order valence-corrected chi connectivity index (χ0v) is 14.4. The molecule has 124 valence electrons. The van der Waals surface area contributed by atoms with E-state index in [2.05, 4.69) is 23.4 Å². The highest BCUT2D eigenvalue weighted by Gasteiger charge is 2.52. The first-order valence-electron chi connectivity index (χ1n) is 8.15. The van der Waals surface area contributed by atoms with Gasteiger partial charge in [0.1, 0.15) is 11.9 Å². The molecule has 0 spiro atoms. The van der Waals surface area contributed by atoms with Crippen LogP contribution in [0.5, 0.6) is 0 Å².